The van der Waals surface area contributed by atoms with E-state index in [1.165, 1.54) is 12.5 Å². The first-order chi connectivity index (χ1) is 9.08. The van der Waals surface area contributed by atoms with Crippen molar-refractivity contribution in [2.24, 2.45) is 0 Å². The number of amides is 1. The highest BCUT2D eigenvalue weighted by Gasteiger charge is 2.15. The Bertz CT molecular complexity index is 574. The average molecular weight is 346 g/mol. The van der Waals surface area contributed by atoms with E-state index in [0.717, 1.165) is 0 Å². The van der Waals surface area contributed by atoms with Gasteiger partial charge in [-0.05, 0) is 34.1 Å². The third kappa shape index (κ3) is 3.56. The van der Waals surface area contributed by atoms with Crippen LogP contribution in [0.2, 0.25) is 5.15 Å². The number of pyridine rings is 1. The molecule has 0 aliphatic heterocycles. The van der Waals surface area contributed by atoms with Crippen LogP contribution in [-0.4, -0.2) is 22.5 Å². The van der Waals surface area contributed by atoms with E-state index < -0.39 is 12.0 Å². The van der Waals surface area contributed by atoms with Gasteiger partial charge in [0.15, 0.2) is 0 Å². The number of hydrogen-bond acceptors (Lipinski definition) is 4. The van der Waals surface area contributed by atoms with Gasteiger partial charge in [0.1, 0.15) is 17.0 Å². The second kappa shape index (κ2) is 6.18. The van der Waals surface area contributed by atoms with Crippen LogP contribution in [-0.2, 0) is 0 Å². The Morgan fingerprint density at radius 2 is 2.42 bits per heavy atom. The van der Waals surface area contributed by atoms with E-state index in [1.807, 2.05) is 0 Å². The number of rotatable bonds is 4. The van der Waals surface area contributed by atoms with Gasteiger partial charge < -0.3 is 14.8 Å². The standard InChI is InChI=1S/C12H10BrClN2O3/c13-7-4-8(11(14)15-5-7)12(18)16-6-9(17)10-2-1-3-19-10/h1-5,9,17H,6H2,(H,16,18). The van der Waals surface area contributed by atoms with Gasteiger partial charge in [-0.2, -0.15) is 0 Å². The van der Waals surface area contributed by atoms with Crippen molar-refractivity contribution in [1.82, 2.24) is 10.3 Å². The highest BCUT2D eigenvalue weighted by atomic mass is 79.9. The number of nitrogens with zero attached hydrogens (tertiary/aromatic N) is 1. The fourth-order valence-corrected chi connectivity index (χ4v) is 1.97. The Morgan fingerprint density at radius 3 is 3.11 bits per heavy atom. The molecule has 19 heavy (non-hydrogen) atoms. The van der Waals surface area contributed by atoms with E-state index in [2.05, 4.69) is 26.2 Å². The predicted molar refractivity (Wildman–Crippen MR) is 72.9 cm³/mol. The molecule has 2 heterocycles. The molecule has 2 aromatic rings. The van der Waals surface area contributed by atoms with Gasteiger partial charge in [0, 0.05) is 10.7 Å². The molecule has 2 rings (SSSR count). The number of furan rings is 1. The minimum atomic E-state index is -0.905. The largest absolute Gasteiger partial charge is 0.467 e. The van der Waals surface area contributed by atoms with Gasteiger partial charge in [0.05, 0.1) is 18.4 Å². The Kier molecular flexibility index (Phi) is 4.57. The highest BCUT2D eigenvalue weighted by Crippen LogP contribution is 2.18. The minimum Gasteiger partial charge on any atom is -0.467 e. The number of aromatic nitrogens is 1. The molecule has 0 spiro atoms. The van der Waals surface area contributed by atoms with Crippen LogP contribution in [0.4, 0.5) is 0 Å². The predicted octanol–water partition coefficient (Wildman–Crippen LogP) is 2.55. The summed E-state index contributed by atoms with van der Waals surface area (Å²) < 4.78 is 5.68. The summed E-state index contributed by atoms with van der Waals surface area (Å²) in [7, 11) is 0. The minimum absolute atomic E-state index is 0.0230. The van der Waals surface area contributed by atoms with Gasteiger partial charge in [-0.15, -0.1) is 0 Å². The normalized spacial score (nSPS) is 12.2. The van der Waals surface area contributed by atoms with Crippen LogP contribution in [0.3, 0.4) is 0 Å². The summed E-state index contributed by atoms with van der Waals surface area (Å²) in [6.07, 6.45) is 2.05. The lowest BCUT2D eigenvalue weighted by Crippen LogP contribution is -2.28. The number of aliphatic hydroxyl groups excluding tert-OH is 1. The maximum Gasteiger partial charge on any atom is 0.254 e. The van der Waals surface area contributed by atoms with Crippen molar-refractivity contribution in [1.29, 1.82) is 0 Å². The summed E-state index contributed by atoms with van der Waals surface area (Å²) in [5, 5.41) is 12.4. The molecule has 0 saturated carbocycles. The summed E-state index contributed by atoms with van der Waals surface area (Å²) in [5.74, 6) is -0.0248. The van der Waals surface area contributed by atoms with Gasteiger partial charge in [0.2, 0.25) is 0 Å². The maximum atomic E-state index is 11.9. The molecular formula is C12H10BrClN2O3. The van der Waals surface area contributed by atoms with Crippen LogP contribution in [0, 0.1) is 0 Å². The molecule has 0 aliphatic rings. The van der Waals surface area contributed by atoms with Crippen molar-refractivity contribution in [2.45, 2.75) is 6.10 Å². The van der Waals surface area contributed by atoms with E-state index in [-0.39, 0.29) is 17.3 Å². The molecule has 1 amide bonds. The van der Waals surface area contributed by atoms with Crippen molar-refractivity contribution in [2.75, 3.05) is 6.54 Å². The molecular weight excluding hydrogens is 336 g/mol. The number of aliphatic hydroxyl groups is 1. The quantitative estimate of drug-likeness (QED) is 0.835. The topological polar surface area (TPSA) is 75.4 Å². The molecule has 2 N–H and O–H groups in total. The molecule has 0 aliphatic carbocycles. The van der Waals surface area contributed by atoms with Crippen molar-refractivity contribution in [3.63, 3.8) is 0 Å². The molecule has 1 atom stereocenters. The number of halogens is 2. The number of nitrogens with one attached hydrogen (secondary N) is 1. The van der Waals surface area contributed by atoms with Crippen LogP contribution >= 0.6 is 27.5 Å². The summed E-state index contributed by atoms with van der Waals surface area (Å²) in [6, 6.07) is 4.85. The van der Waals surface area contributed by atoms with E-state index in [9.17, 15) is 9.90 Å². The van der Waals surface area contributed by atoms with Crippen molar-refractivity contribution in [3.05, 3.63) is 51.6 Å². The second-order valence-corrected chi connectivity index (χ2v) is 5.01. The first kappa shape index (κ1) is 14.0. The molecule has 0 fully saturated rings. The van der Waals surface area contributed by atoms with Crippen LogP contribution in [0.25, 0.3) is 0 Å². The van der Waals surface area contributed by atoms with Gasteiger partial charge in [-0.25, -0.2) is 4.98 Å². The van der Waals surface area contributed by atoms with Gasteiger partial charge in [-0.1, -0.05) is 11.6 Å². The third-order valence-electron chi connectivity index (χ3n) is 2.38. The van der Waals surface area contributed by atoms with Crippen molar-refractivity contribution in [3.8, 4) is 0 Å². The molecule has 0 saturated heterocycles. The molecule has 0 bridgehead atoms. The Balaban J connectivity index is 2.00. The molecule has 100 valence electrons. The van der Waals surface area contributed by atoms with Crippen LogP contribution in [0.5, 0.6) is 0 Å². The lowest BCUT2D eigenvalue weighted by molar-refractivity contribution is 0.0901. The van der Waals surface area contributed by atoms with E-state index in [4.69, 9.17) is 16.0 Å². The molecule has 2 aromatic heterocycles. The van der Waals surface area contributed by atoms with Gasteiger partial charge in [-0.3, -0.25) is 4.79 Å². The highest BCUT2D eigenvalue weighted by molar-refractivity contribution is 9.10. The lowest BCUT2D eigenvalue weighted by Gasteiger charge is -2.10. The first-order valence-electron chi connectivity index (χ1n) is 5.38. The summed E-state index contributed by atoms with van der Waals surface area (Å²) in [5.41, 5.74) is 0.239. The van der Waals surface area contributed by atoms with Crippen LogP contribution in [0.15, 0.2) is 39.5 Å². The fraction of sp³-hybridized carbons (Fsp3) is 0.167. The number of carbonyl (C=O) groups is 1. The van der Waals surface area contributed by atoms with Crippen LogP contribution in [0.1, 0.15) is 22.2 Å². The zero-order valence-electron chi connectivity index (χ0n) is 9.64. The molecule has 0 aromatic carbocycles. The average Bonchev–Trinajstić information content (AvgIpc) is 2.92. The monoisotopic (exact) mass is 344 g/mol. The Hall–Kier alpha value is -1.37. The van der Waals surface area contributed by atoms with Gasteiger partial charge >= 0.3 is 0 Å². The van der Waals surface area contributed by atoms with E-state index in [0.29, 0.717) is 10.2 Å². The maximum absolute atomic E-state index is 11.9. The summed E-state index contributed by atoms with van der Waals surface area (Å²) in [4.78, 5) is 15.7. The van der Waals surface area contributed by atoms with Crippen molar-refractivity contribution < 1.29 is 14.3 Å². The molecule has 5 nitrogen and oxygen atoms in total. The van der Waals surface area contributed by atoms with E-state index in [1.54, 1.807) is 18.2 Å². The van der Waals surface area contributed by atoms with Gasteiger partial charge in [0.25, 0.3) is 5.91 Å². The zero-order chi connectivity index (χ0) is 13.8. The second-order valence-electron chi connectivity index (χ2n) is 3.73. The number of carbonyl (C=O) groups excluding carboxylic acids is 1. The first-order valence-corrected chi connectivity index (χ1v) is 6.55. The molecule has 7 heteroatoms. The van der Waals surface area contributed by atoms with Crippen LogP contribution < -0.4 is 5.32 Å². The Morgan fingerprint density at radius 1 is 1.63 bits per heavy atom. The lowest BCUT2D eigenvalue weighted by atomic mass is 10.2. The number of hydrogen-bond donors (Lipinski definition) is 2. The SMILES string of the molecule is O=C(NCC(O)c1ccco1)c1cc(Br)cnc1Cl. The summed E-state index contributed by atoms with van der Waals surface area (Å²) in [6.45, 7) is 0.0230. The smallest absolute Gasteiger partial charge is 0.254 e. The molecule has 1 unspecified atom stereocenters. The third-order valence-corrected chi connectivity index (χ3v) is 3.11. The fourth-order valence-electron chi connectivity index (χ4n) is 1.45. The zero-order valence-corrected chi connectivity index (χ0v) is 12.0. The molecule has 0 radical (unpaired) electrons. The van der Waals surface area contributed by atoms with Crippen molar-refractivity contribution >= 4 is 33.4 Å². The van der Waals surface area contributed by atoms with E-state index >= 15 is 0 Å². The Labute approximate surface area is 122 Å². The summed E-state index contributed by atoms with van der Waals surface area (Å²) >= 11 is 9.04.